The number of aryl methyl sites for hydroxylation is 1. The van der Waals surface area contributed by atoms with Crippen molar-refractivity contribution in [1.29, 1.82) is 0 Å². The zero-order valence-corrected chi connectivity index (χ0v) is 20.1. The molecule has 0 aromatic heterocycles. The maximum absolute atomic E-state index is 13.2. The van der Waals surface area contributed by atoms with Gasteiger partial charge in [0.15, 0.2) is 23.9 Å². The molecule has 0 spiro atoms. The first-order valence-corrected chi connectivity index (χ1v) is 12.1. The van der Waals surface area contributed by atoms with Crippen LogP contribution in [0.5, 0.6) is 11.5 Å². The highest BCUT2D eigenvalue weighted by Gasteiger charge is 2.30. The smallest absolute Gasteiger partial charge is 0.338 e. The average Bonchev–Trinajstić information content (AvgIpc) is 2.82. The van der Waals surface area contributed by atoms with Gasteiger partial charge in [-0.3, -0.25) is 4.79 Å². The highest BCUT2D eigenvalue weighted by Crippen LogP contribution is 2.28. The minimum atomic E-state index is -3.73. The van der Waals surface area contributed by atoms with Gasteiger partial charge in [0.1, 0.15) is 0 Å². The van der Waals surface area contributed by atoms with Gasteiger partial charge in [-0.1, -0.05) is 13.0 Å². The number of carbonyl (C=O) groups excluding carboxylic acids is 2. The van der Waals surface area contributed by atoms with Gasteiger partial charge in [0.05, 0.1) is 24.7 Å². The fourth-order valence-electron chi connectivity index (χ4n) is 3.68. The van der Waals surface area contributed by atoms with Crippen molar-refractivity contribution >= 4 is 21.8 Å². The van der Waals surface area contributed by atoms with Crippen LogP contribution in [-0.2, 0) is 14.8 Å². The average molecular weight is 476 g/mol. The second-order valence-corrected chi connectivity index (χ2v) is 10.0. The van der Waals surface area contributed by atoms with Gasteiger partial charge in [-0.05, 0) is 61.6 Å². The van der Waals surface area contributed by atoms with Gasteiger partial charge in [-0.25, -0.2) is 13.2 Å². The van der Waals surface area contributed by atoms with E-state index in [0.717, 1.165) is 12.8 Å². The number of Topliss-reactive ketones (excluding diaryl/α,β-unsaturated/α-hetero) is 1. The lowest BCUT2D eigenvalue weighted by molar-refractivity contribution is 0.0474. The van der Waals surface area contributed by atoms with Crippen LogP contribution in [0.25, 0.3) is 0 Å². The molecule has 0 N–H and O–H groups in total. The maximum Gasteiger partial charge on any atom is 0.338 e. The summed E-state index contributed by atoms with van der Waals surface area (Å²) in [6.45, 7) is 4.22. The number of ether oxygens (including phenoxy) is 3. The Morgan fingerprint density at radius 3 is 2.24 bits per heavy atom. The number of rotatable bonds is 8. The van der Waals surface area contributed by atoms with Crippen molar-refractivity contribution in [2.45, 2.75) is 31.6 Å². The lowest BCUT2D eigenvalue weighted by Gasteiger charge is -2.30. The number of sulfonamides is 1. The summed E-state index contributed by atoms with van der Waals surface area (Å²) in [5, 5.41) is 0. The minimum absolute atomic E-state index is 0.0738. The quantitative estimate of drug-likeness (QED) is 0.426. The first kappa shape index (κ1) is 24.7. The van der Waals surface area contributed by atoms with E-state index in [1.54, 1.807) is 25.1 Å². The Balaban J connectivity index is 1.73. The predicted molar refractivity (Wildman–Crippen MR) is 122 cm³/mol. The number of methoxy groups -OCH3 is 2. The molecule has 178 valence electrons. The number of piperidine rings is 1. The van der Waals surface area contributed by atoms with E-state index in [0.29, 0.717) is 41.6 Å². The van der Waals surface area contributed by atoms with Crippen molar-refractivity contribution in [2.75, 3.05) is 33.9 Å². The van der Waals surface area contributed by atoms with Crippen molar-refractivity contribution < 1.29 is 32.2 Å². The molecule has 1 aliphatic heterocycles. The molecule has 0 bridgehead atoms. The van der Waals surface area contributed by atoms with Crippen LogP contribution in [0.15, 0.2) is 41.3 Å². The monoisotopic (exact) mass is 475 g/mol. The van der Waals surface area contributed by atoms with E-state index in [4.69, 9.17) is 14.2 Å². The summed E-state index contributed by atoms with van der Waals surface area (Å²) in [6, 6.07) is 9.04. The molecule has 0 amide bonds. The van der Waals surface area contributed by atoms with Gasteiger partial charge in [-0.2, -0.15) is 4.31 Å². The molecular formula is C24H29NO7S. The highest BCUT2D eigenvalue weighted by molar-refractivity contribution is 7.89. The number of ketones is 1. The fraction of sp³-hybridized carbons (Fsp3) is 0.417. The van der Waals surface area contributed by atoms with Crippen LogP contribution in [-0.4, -0.2) is 58.4 Å². The molecule has 0 unspecified atom stereocenters. The van der Waals surface area contributed by atoms with Crippen molar-refractivity contribution in [2.24, 2.45) is 5.92 Å². The van der Waals surface area contributed by atoms with Crippen molar-refractivity contribution in [3.05, 3.63) is 53.1 Å². The molecule has 0 aliphatic carbocycles. The van der Waals surface area contributed by atoms with Crippen LogP contribution in [0.1, 0.15) is 46.0 Å². The van der Waals surface area contributed by atoms with E-state index in [-0.39, 0.29) is 10.5 Å². The van der Waals surface area contributed by atoms with Crippen molar-refractivity contribution in [3.8, 4) is 11.5 Å². The van der Waals surface area contributed by atoms with E-state index in [9.17, 15) is 18.0 Å². The first-order valence-electron chi connectivity index (χ1n) is 10.7. The van der Waals surface area contributed by atoms with Crippen molar-refractivity contribution in [3.63, 3.8) is 0 Å². The first-order chi connectivity index (χ1) is 15.7. The normalized spacial score (nSPS) is 15.2. The van der Waals surface area contributed by atoms with Gasteiger partial charge >= 0.3 is 5.97 Å². The van der Waals surface area contributed by atoms with Gasteiger partial charge in [-0.15, -0.1) is 0 Å². The summed E-state index contributed by atoms with van der Waals surface area (Å²) in [5.74, 6) is 0.152. The van der Waals surface area contributed by atoms with E-state index < -0.39 is 28.4 Å². The molecule has 8 nitrogen and oxygen atoms in total. The fourth-order valence-corrected chi connectivity index (χ4v) is 5.40. The number of carbonyl (C=O) groups is 2. The lowest BCUT2D eigenvalue weighted by Crippen LogP contribution is -2.38. The van der Waals surface area contributed by atoms with E-state index in [1.807, 2.05) is 0 Å². The standard InChI is InChI=1S/C24H29NO7S/c1-16-9-11-25(12-10-16)33(28,29)23-14-19(6-5-17(23)2)24(27)32-15-20(26)18-7-8-21(30-3)22(13-18)31-4/h5-8,13-14,16H,9-12,15H2,1-4H3. The van der Waals surface area contributed by atoms with Crippen LogP contribution in [0, 0.1) is 12.8 Å². The van der Waals surface area contributed by atoms with E-state index in [1.165, 1.54) is 36.7 Å². The highest BCUT2D eigenvalue weighted by atomic mass is 32.2. The molecule has 1 fully saturated rings. The molecule has 0 atom stereocenters. The van der Waals surface area contributed by atoms with Crippen molar-refractivity contribution in [1.82, 2.24) is 4.31 Å². The number of esters is 1. The molecule has 1 saturated heterocycles. The molecule has 33 heavy (non-hydrogen) atoms. The third-order valence-corrected chi connectivity index (χ3v) is 7.86. The van der Waals surface area contributed by atoms with E-state index >= 15 is 0 Å². The molecule has 3 rings (SSSR count). The number of benzene rings is 2. The molecule has 0 radical (unpaired) electrons. The van der Waals surface area contributed by atoms with Gasteiger partial charge in [0, 0.05) is 18.7 Å². The summed E-state index contributed by atoms with van der Waals surface area (Å²) in [6.07, 6.45) is 1.61. The molecular weight excluding hydrogens is 446 g/mol. The summed E-state index contributed by atoms with van der Waals surface area (Å²) in [5.41, 5.74) is 0.920. The van der Waals surface area contributed by atoms with Crippen LogP contribution in [0.3, 0.4) is 0 Å². The molecule has 1 heterocycles. The SMILES string of the molecule is COc1ccc(C(=O)COC(=O)c2ccc(C)c(S(=O)(=O)N3CCC(C)CC3)c2)cc1OC. The minimum Gasteiger partial charge on any atom is -0.493 e. The zero-order valence-electron chi connectivity index (χ0n) is 19.3. The second kappa shape index (κ2) is 10.4. The Hall–Kier alpha value is -2.91. The number of hydrogen-bond acceptors (Lipinski definition) is 7. The van der Waals surface area contributed by atoms with Gasteiger partial charge in [0.25, 0.3) is 0 Å². The van der Waals surface area contributed by atoms with Crippen LogP contribution in [0.4, 0.5) is 0 Å². The third kappa shape index (κ3) is 5.54. The Kier molecular flexibility index (Phi) is 7.76. The largest absolute Gasteiger partial charge is 0.493 e. The molecule has 2 aromatic carbocycles. The lowest BCUT2D eigenvalue weighted by atomic mass is 10.0. The second-order valence-electron chi connectivity index (χ2n) is 8.14. The maximum atomic E-state index is 13.2. The Morgan fingerprint density at radius 2 is 1.61 bits per heavy atom. The third-order valence-electron chi connectivity index (χ3n) is 5.82. The summed E-state index contributed by atoms with van der Waals surface area (Å²) in [7, 11) is -0.781. The number of hydrogen-bond donors (Lipinski definition) is 0. The Morgan fingerprint density at radius 1 is 0.970 bits per heavy atom. The molecule has 0 saturated carbocycles. The Labute approximate surface area is 194 Å². The van der Waals surface area contributed by atoms with Crippen LogP contribution in [0.2, 0.25) is 0 Å². The predicted octanol–water partition coefficient (Wildman–Crippen LogP) is 3.47. The van der Waals surface area contributed by atoms with Crippen LogP contribution < -0.4 is 9.47 Å². The summed E-state index contributed by atoms with van der Waals surface area (Å²) in [4.78, 5) is 25.2. The molecule has 2 aromatic rings. The van der Waals surface area contributed by atoms with Crippen LogP contribution >= 0.6 is 0 Å². The van der Waals surface area contributed by atoms with E-state index in [2.05, 4.69) is 6.92 Å². The molecule has 1 aliphatic rings. The number of nitrogens with zero attached hydrogens (tertiary/aromatic N) is 1. The summed E-state index contributed by atoms with van der Waals surface area (Å²) >= 11 is 0. The van der Waals surface area contributed by atoms with Gasteiger partial charge in [0.2, 0.25) is 10.0 Å². The van der Waals surface area contributed by atoms with Gasteiger partial charge < -0.3 is 14.2 Å². The summed E-state index contributed by atoms with van der Waals surface area (Å²) < 4.78 is 43.3. The zero-order chi connectivity index (χ0) is 24.2. The molecule has 9 heteroatoms. The topological polar surface area (TPSA) is 99.2 Å². The Bertz CT molecular complexity index is 1140.